The molecule has 5 nitrogen and oxygen atoms in total. The topological polar surface area (TPSA) is 72.6 Å². The second-order valence-corrected chi connectivity index (χ2v) is 4.31. The lowest BCUT2D eigenvalue weighted by Gasteiger charge is -2.23. The smallest absolute Gasteiger partial charge is 0.328 e. The fourth-order valence-electron chi connectivity index (χ4n) is 1.94. The fourth-order valence-corrected chi connectivity index (χ4v) is 1.94. The molecule has 0 saturated carbocycles. The molecule has 0 aromatic heterocycles. The molecule has 1 saturated heterocycles. The van der Waals surface area contributed by atoms with Crippen molar-refractivity contribution < 1.29 is 14.3 Å². The third-order valence-corrected chi connectivity index (χ3v) is 2.97. The highest BCUT2D eigenvalue weighted by atomic mass is 16.5. The van der Waals surface area contributed by atoms with Gasteiger partial charge in [-0.2, -0.15) is 0 Å². The Morgan fingerprint density at radius 1 is 1.56 bits per heavy atom. The predicted octanol–water partition coefficient (Wildman–Crippen LogP) is 0.135. The molecular formula is C11H20N2O3. The summed E-state index contributed by atoms with van der Waals surface area (Å²) in [4.78, 5) is 25.0. The van der Waals surface area contributed by atoms with Crippen molar-refractivity contribution in [3.05, 3.63) is 0 Å². The molecule has 0 aliphatic carbocycles. The Balaban J connectivity index is 2.57. The molecule has 1 fully saturated rings. The number of carbonyl (C=O) groups excluding carboxylic acids is 2. The summed E-state index contributed by atoms with van der Waals surface area (Å²) in [5, 5.41) is 0. The monoisotopic (exact) mass is 228 g/mol. The van der Waals surface area contributed by atoms with Crippen molar-refractivity contribution in [2.24, 2.45) is 11.7 Å². The lowest BCUT2D eigenvalue weighted by Crippen LogP contribution is -2.41. The fraction of sp³-hybridized carbons (Fsp3) is 0.818. The van der Waals surface area contributed by atoms with Crippen LogP contribution in [0, 0.1) is 5.92 Å². The van der Waals surface area contributed by atoms with E-state index in [9.17, 15) is 9.59 Å². The molecule has 2 unspecified atom stereocenters. The first-order valence-corrected chi connectivity index (χ1v) is 5.67. The normalized spacial score (nSPS) is 21.9. The minimum absolute atomic E-state index is 0.00542. The number of likely N-dealkylation sites (tertiary alicyclic amines) is 1. The number of hydrogen-bond acceptors (Lipinski definition) is 4. The minimum atomic E-state index is -0.387. The molecule has 2 N–H and O–H groups in total. The molecule has 2 atom stereocenters. The zero-order valence-electron chi connectivity index (χ0n) is 9.94. The summed E-state index contributed by atoms with van der Waals surface area (Å²) in [6, 6.07) is -0.387. The van der Waals surface area contributed by atoms with E-state index in [0.717, 1.165) is 6.42 Å². The number of esters is 1. The number of ether oxygens (including phenoxy) is 1. The summed E-state index contributed by atoms with van der Waals surface area (Å²) in [5.41, 5.74) is 5.48. The van der Waals surface area contributed by atoms with Gasteiger partial charge >= 0.3 is 5.97 Å². The van der Waals surface area contributed by atoms with Gasteiger partial charge in [0.1, 0.15) is 6.04 Å². The first-order chi connectivity index (χ1) is 7.60. The molecule has 0 bridgehead atoms. The summed E-state index contributed by atoms with van der Waals surface area (Å²) in [7, 11) is 1.35. The second kappa shape index (κ2) is 5.84. The van der Waals surface area contributed by atoms with Crippen LogP contribution in [0.4, 0.5) is 0 Å². The van der Waals surface area contributed by atoms with Crippen LogP contribution in [0.5, 0.6) is 0 Å². The average Bonchev–Trinajstić information content (AvgIpc) is 2.76. The second-order valence-electron chi connectivity index (χ2n) is 4.31. The number of hydrogen-bond donors (Lipinski definition) is 1. The zero-order valence-corrected chi connectivity index (χ0v) is 9.94. The summed E-state index contributed by atoms with van der Waals surface area (Å²) in [6.07, 6.45) is 1.97. The highest BCUT2D eigenvalue weighted by molar-refractivity contribution is 5.85. The van der Waals surface area contributed by atoms with Crippen molar-refractivity contribution in [1.29, 1.82) is 0 Å². The van der Waals surface area contributed by atoms with E-state index in [4.69, 9.17) is 5.73 Å². The van der Waals surface area contributed by atoms with E-state index in [0.29, 0.717) is 25.9 Å². The molecule has 0 aromatic carbocycles. The third-order valence-electron chi connectivity index (χ3n) is 2.97. The van der Waals surface area contributed by atoms with Gasteiger partial charge in [0.2, 0.25) is 5.91 Å². The molecule has 1 heterocycles. The summed E-state index contributed by atoms with van der Waals surface area (Å²) < 4.78 is 4.69. The number of nitrogens with two attached hydrogens (primary N) is 1. The number of nitrogens with zero attached hydrogens (tertiary/aromatic N) is 1. The molecule has 0 spiro atoms. The van der Waals surface area contributed by atoms with E-state index < -0.39 is 0 Å². The van der Waals surface area contributed by atoms with Crippen molar-refractivity contribution in [3.63, 3.8) is 0 Å². The lowest BCUT2D eigenvalue weighted by atomic mass is 10.1. The Morgan fingerprint density at radius 3 is 2.81 bits per heavy atom. The van der Waals surface area contributed by atoms with E-state index in [1.54, 1.807) is 4.90 Å². The van der Waals surface area contributed by atoms with E-state index in [2.05, 4.69) is 4.74 Å². The van der Waals surface area contributed by atoms with Gasteiger partial charge in [-0.3, -0.25) is 4.79 Å². The van der Waals surface area contributed by atoms with Gasteiger partial charge in [-0.05, 0) is 25.3 Å². The first kappa shape index (κ1) is 13.0. The van der Waals surface area contributed by atoms with Crippen LogP contribution in [0.1, 0.15) is 26.2 Å². The highest BCUT2D eigenvalue weighted by Crippen LogP contribution is 2.20. The maximum atomic E-state index is 11.9. The molecule has 5 heteroatoms. The average molecular weight is 228 g/mol. The summed E-state index contributed by atoms with van der Waals surface area (Å²) >= 11 is 0. The molecule has 92 valence electrons. The Labute approximate surface area is 95.9 Å². The van der Waals surface area contributed by atoms with Crippen LogP contribution in [0.3, 0.4) is 0 Å². The van der Waals surface area contributed by atoms with E-state index >= 15 is 0 Å². The largest absolute Gasteiger partial charge is 0.467 e. The lowest BCUT2D eigenvalue weighted by molar-refractivity contribution is -0.151. The van der Waals surface area contributed by atoms with Crippen LogP contribution in [-0.4, -0.2) is 43.0 Å². The van der Waals surface area contributed by atoms with Gasteiger partial charge in [0.05, 0.1) is 7.11 Å². The molecular weight excluding hydrogens is 208 g/mol. The number of amides is 1. The van der Waals surface area contributed by atoms with Crippen molar-refractivity contribution >= 4 is 11.9 Å². The standard InChI is InChI=1S/C11H20N2O3/c1-8(7-12)6-10(14)13-5-3-4-9(13)11(15)16-2/h8-9H,3-7,12H2,1-2H3. The van der Waals surface area contributed by atoms with Crippen molar-refractivity contribution in [3.8, 4) is 0 Å². The van der Waals surface area contributed by atoms with Crippen LogP contribution < -0.4 is 5.73 Å². The van der Waals surface area contributed by atoms with Gasteiger partial charge in [0.25, 0.3) is 0 Å². The van der Waals surface area contributed by atoms with E-state index in [1.165, 1.54) is 7.11 Å². The van der Waals surface area contributed by atoms with Gasteiger partial charge in [-0.25, -0.2) is 4.79 Å². The van der Waals surface area contributed by atoms with Gasteiger partial charge in [-0.1, -0.05) is 6.92 Å². The van der Waals surface area contributed by atoms with Crippen molar-refractivity contribution in [2.75, 3.05) is 20.2 Å². The van der Waals surface area contributed by atoms with Crippen LogP contribution in [0.2, 0.25) is 0 Å². The quantitative estimate of drug-likeness (QED) is 0.694. The van der Waals surface area contributed by atoms with Crippen LogP contribution >= 0.6 is 0 Å². The van der Waals surface area contributed by atoms with Crippen LogP contribution in [-0.2, 0) is 14.3 Å². The molecule has 0 radical (unpaired) electrons. The van der Waals surface area contributed by atoms with Gasteiger partial charge in [-0.15, -0.1) is 0 Å². The molecule has 1 rings (SSSR count). The molecule has 1 aliphatic heterocycles. The Kier molecular flexibility index (Phi) is 4.73. The maximum absolute atomic E-state index is 11.9. The molecule has 1 aliphatic rings. The first-order valence-electron chi connectivity index (χ1n) is 5.67. The van der Waals surface area contributed by atoms with Gasteiger partial charge < -0.3 is 15.4 Å². The van der Waals surface area contributed by atoms with E-state index in [-0.39, 0.29) is 23.8 Å². The summed E-state index contributed by atoms with van der Waals surface area (Å²) in [5.74, 6) is -0.150. The van der Waals surface area contributed by atoms with Gasteiger partial charge in [0.15, 0.2) is 0 Å². The summed E-state index contributed by atoms with van der Waals surface area (Å²) in [6.45, 7) is 3.07. The van der Waals surface area contributed by atoms with Crippen LogP contribution in [0.15, 0.2) is 0 Å². The molecule has 0 aromatic rings. The Morgan fingerprint density at radius 2 is 2.25 bits per heavy atom. The van der Waals surface area contributed by atoms with Crippen LogP contribution in [0.25, 0.3) is 0 Å². The van der Waals surface area contributed by atoms with Gasteiger partial charge in [0, 0.05) is 13.0 Å². The Hall–Kier alpha value is -1.10. The third kappa shape index (κ3) is 2.95. The number of rotatable bonds is 4. The molecule has 16 heavy (non-hydrogen) atoms. The number of methoxy groups -OCH3 is 1. The zero-order chi connectivity index (χ0) is 12.1. The predicted molar refractivity (Wildman–Crippen MR) is 59.6 cm³/mol. The number of carbonyl (C=O) groups is 2. The SMILES string of the molecule is COC(=O)C1CCCN1C(=O)CC(C)CN. The maximum Gasteiger partial charge on any atom is 0.328 e. The van der Waals surface area contributed by atoms with Crippen molar-refractivity contribution in [2.45, 2.75) is 32.2 Å². The van der Waals surface area contributed by atoms with E-state index in [1.807, 2.05) is 6.92 Å². The van der Waals surface area contributed by atoms with Crippen molar-refractivity contribution in [1.82, 2.24) is 4.90 Å². The highest BCUT2D eigenvalue weighted by Gasteiger charge is 2.34. The molecule has 1 amide bonds. The minimum Gasteiger partial charge on any atom is -0.467 e. The Bertz CT molecular complexity index is 268.